The second-order valence-electron chi connectivity index (χ2n) is 6.29. The molecule has 0 atom stereocenters. The quantitative estimate of drug-likeness (QED) is 0.838. The van der Waals surface area contributed by atoms with Crippen LogP contribution in [0.15, 0.2) is 17.2 Å². The third-order valence-corrected chi connectivity index (χ3v) is 4.80. The van der Waals surface area contributed by atoms with Gasteiger partial charge in [-0.05, 0) is 25.7 Å². The zero-order chi connectivity index (χ0) is 15.6. The molecule has 2 aliphatic heterocycles. The van der Waals surface area contributed by atoms with Crippen LogP contribution in [0.3, 0.4) is 0 Å². The van der Waals surface area contributed by atoms with Gasteiger partial charge >= 0.3 is 5.69 Å². The molecular formula is C15H22N6O2. The zero-order valence-electron chi connectivity index (χ0n) is 13.1. The van der Waals surface area contributed by atoms with Gasteiger partial charge in [0.2, 0.25) is 5.65 Å². The minimum Gasteiger partial charge on any atom is -0.381 e. The van der Waals surface area contributed by atoms with Crippen molar-refractivity contribution in [1.82, 2.24) is 24.9 Å². The van der Waals surface area contributed by atoms with Crippen LogP contribution in [0.2, 0.25) is 0 Å². The van der Waals surface area contributed by atoms with Crippen molar-refractivity contribution in [2.24, 2.45) is 0 Å². The van der Waals surface area contributed by atoms with Crippen LogP contribution in [0.1, 0.15) is 25.7 Å². The van der Waals surface area contributed by atoms with Gasteiger partial charge in [-0.3, -0.25) is 0 Å². The van der Waals surface area contributed by atoms with Gasteiger partial charge in [0, 0.05) is 50.8 Å². The molecule has 0 aliphatic carbocycles. The first-order chi connectivity index (χ1) is 11.3. The van der Waals surface area contributed by atoms with Crippen molar-refractivity contribution in [2.75, 3.05) is 31.2 Å². The Kier molecular flexibility index (Phi) is 4.00. The van der Waals surface area contributed by atoms with Gasteiger partial charge in [-0.25, -0.2) is 19.3 Å². The van der Waals surface area contributed by atoms with Gasteiger partial charge in [-0.2, -0.15) is 0 Å². The zero-order valence-corrected chi connectivity index (χ0v) is 13.1. The highest BCUT2D eigenvalue weighted by Gasteiger charge is 2.25. The molecule has 2 saturated heterocycles. The Morgan fingerprint density at radius 2 is 1.91 bits per heavy atom. The molecule has 2 fully saturated rings. The van der Waals surface area contributed by atoms with E-state index in [1.807, 2.05) is 0 Å². The maximum absolute atomic E-state index is 11.7. The Hall–Kier alpha value is -1.93. The maximum Gasteiger partial charge on any atom is 0.347 e. The summed E-state index contributed by atoms with van der Waals surface area (Å²) in [6.07, 6.45) is 7.67. The van der Waals surface area contributed by atoms with E-state index < -0.39 is 0 Å². The summed E-state index contributed by atoms with van der Waals surface area (Å²) in [5.74, 6) is 0.787. The number of fused-ring (bicyclic) bond motifs is 1. The van der Waals surface area contributed by atoms with E-state index in [4.69, 9.17) is 4.74 Å². The summed E-state index contributed by atoms with van der Waals surface area (Å²) in [6.45, 7) is 3.59. The minimum atomic E-state index is -0.222. The molecule has 2 N–H and O–H groups in total. The summed E-state index contributed by atoms with van der Waals surface area (Å²) in [5.41, 5.74) is 0.382. The van der Waals surface area contributed by atoms with Crippen LogP contribution in [0.5, 0.6) is 0 Å². The average Bonchev–Trinajstić information content (AvgIpc) is 2.98. The maximum atomic E-state index is 11.7. The van der Waals surface area contributed by atoms with E-state index in [0.29, 0.717) is 17.7 Å². The molecule has 0 spiro atoms. The molecule has 124 valence electrons. The molecule has 2 aromatic heterocycles. The van der Waals surface area contributed by atoms with Gasteiger partial charge in [0.25, 0.3) is 0 Å². The van der Waals surface area contributed by atoms with Crippen LogP contribution in [0.4, 0.5) is 5.82 Å². The van der Waals surface area contributed by atoms with Crippen molar-refractivity contribution in [1.29, 1.82) is 0 Å². The summed E-state index contributed by atoms with van der Waals surface area (Å²) in [6, 6.07) is 1.14. The van der Waals surface area contributed by atoms with Gasteiger partial charge in [0.15, 0.2) is 5.82 Å². The van der Waals surface area contributed by atoms with Crippen LogP contribution in [-0.2, 0) is 4.74 Å². The molecule has 8 heteroatoms. The predicted molar refractivity (Wildman–Crippen MR) is 85.8 cm³/mol. The predicted octanol–water partition coefficient (Wildman–Crippen LogP) is 0.155. The first kappa shape index (κ1) is 14.6. The molecule has 4 rings (SSSR count). The monoisotopic (exact) mass is 318 g/mol. The van der Waals surface area contributed by atoms with Crippen molar-refractivity contribution < 1.29 is 4.74 Å². The SMILES string of the molecule is O=c1[nH]nc2c(N3CCC(NC4CCOCC4)CC3)nccn12. The summed E-state index contributed by atoms with van der Waals surface area (Å²) in [5, 5.41) is 10.4. The summed E-state index contributed by atoms with van der Waals surface area (Å²) in [4.78, 5) is 18.3. The van der Waals surface area contributed by atoms with E-state index in [9.17, 15) is 4.79 Å². The van der Waals surface area contributed by atoms with Crippen molar-refractivity contribution in [2.45, 2.75) is 37.8 Å². The number of H-pyrrole nitrogens is 1. The molecule has 8 nitrogen and oxygen atoms in total. The van der Waals surface area contributed by atoms with E-state index in [1.54, 1.807) is 12.4 Å². The van der Waals surface area contributed by atoms with Crippen LogP contribution >= 0.6 is 0 Å². The lowest BCUT2D eigenvalue weighted by molar-refractivity contribution is 0.0738. The van der Waals surface area contributed by atoms with Gasteiger partial charge in [-0.1, -0.05) is 0 Å². The van der Waals surface area contributed by atoms with E-state index >= 15 is 0 Å². The minimum absolute atomic E-state index is 0.222. The number of piperidine rings is 1. The van der Waals surface area contributed by atoms with E-state index in [1.165, 1.54) is 4.40 Å². The number of ether oxygens (including phenoxy) is 1. The molecule has 0 saturated carbocycles. The highest BCUT2D eigenvalue weighted by atomic mass is 16.5. The Morgan fingerprint density at radius 1 is 1.17 bits per heavy atom. The summed E-state index contributed by atoms with van der Waals surface area (Å²) < 4.78 is 6.92. The second kappa shape index (κ2) is 6.29. The van der Waals surface area contributed by atoms with Crippen LogP contribution < -0.4 is 15.9 Å². The Morgan fingerprint density at radius 3 is 2.70 bits per heavy atom. The average molecular weight is 318 g/mol. The van der Waals surface area contributed by atoms with Gasteiger partial charge < -0.3 is 15.0 Å². The van der Waals surface area contributed by atoms with Crippen molar-refractivity contribution in [3.63, 3.8) is 0 Å². The van der Waals surface area contributed by atoms with Gasteiger partial charge in [-0.15, -0.1) is 5.10 Å². The summed E-state index contributed by atoms with van der Waals surface area (Å²) >= 11 is 0. The molecule has 23 heavy (non-hydrogen) atoms. The molecular weight excluding hydrogens is 296 g/mol. The largest absolute Gasteiger partial charge is 0.381 e. The molecule has 0 radical (unpaired) electrons. The number of hydrogen-bond acceptors (Lipinski definition) is 6. The standard InChI is InChI=1S/C15H22N6O2/c22-15-19-18-14-13(16-5-8-21(14)15)20-6-1-11(2-7-20)17-12-3-9-23-10-4-12/h5,8,11-12,17H,1-4,6-7,9-10H2,(H,19,22). The molecule has 2 aromatic rings. The number of nitrogens with zero attached hydrogens (tertiary/aromatic N) is 4. The fourth-order valence-corrected chi connectivity index (χ4v) is 3.51. The third-order valence-electron chi connectivity index (χ3n) is 4.80. The fraction of sp³-hybridized carbons (Fsp3) is 0.667. The van der Waals surface area contributed by atoms with Crippen molar-refractivity contribution in [3.8, 4) is 0 Å². The normalized spacial score (nSPS) is 21.1. The van der Waals surface area contributed by atoms with Crippen molar-refractivity contribution in [3.05, 3.63) is 22.9 Å². The Labute approximate surface area is 133 Å². The Balaban J connectivity index is 1.41. The number of rotatable bonds is 3. The lowest BCUT2D eigenvalue weighted by Crippen LogP contribution is -2.48. The van der Waals surface area contributed by atoms with Crippen LogP contribution in [-0.4, -0.2) is 58.0 Å². The Bertz CT molecular complexity index is 712. The van der Waals surface area contributed by atoms with E-state index in [2.05, 4.69) is 25.4 Å². The molecule has 0 unspecified atom stereocenters. The fourth-order valence-electron chi connectivity index (χ4n) is 3.51. The highest BCUT2D eigenvalue weighted by molar-refractivity contribution is 5.63. The van der Waals surface area contributed by atoms with Crippen LogP contribution in [0.25, 0.3) is 5.65 Å². The van der Waals surface area contributed by atoms with Crippen LogP contribution in [0, 0.1) is 0 Å². The number of aromatic amines is 1. The van der Waals surface area contributed by atoms with Crippen molar-refractivity contribution >= 4 is 11.5 Å². The van der Waals surface area contributed by atoms with Gasteiger partial charge in [0.1, 0.15) is 0 Å². The first-order valence-corrected chi connectivity index (χ1v) is 8.32. The number of nitrogens with one attached hydrogen (secondary N) is 2. The van der Waals surface area contributed by atoms with Gasteiger partial charge in [0.05, 0.1) is 0 Å². The van der Waals surface area contributed by atoms with E-state index in [0.717, 1.165) is 57.8 Å². The third kappa shape index (κ3) is 2.96. The molecule has 0 amide bonds. The highest BCUT2D eigenvalue weighted by Crippen LogP contribution is 2.21. The molecule has 2 aliphatic rings. The second-order valence-corrected chi connectivity index (χ2v) is 6.29. The van der Waals surface area contributed by atoms with E-state index in [-0.39, 0.29) is 5.69 Å². The lowest BCUT2D eigenvalue weighted by Gasteiger charge is -2.36. The topological polar surface area (TPSA) is 87.5 Å². The molecule has 0 aromatic carbocycles. The molecule has 0 bridgehead atoms. The first-order valence-electron chi connectivity index (χ1n) is 8.32. The molecule has 4 heterocycles. The summed E-state index contributed by atoms with van der Waals surface area (Å²) in [7, 11) is 0. The lowest BCUT2D eigenvalue weighted by atomic mass is 10.0. The number of anilines is 1. The smallest absolute Gasteiger partial charge is 0.347 e. The number of hydrogen-bond donors (Lipinski definition) is 2. The number of aromatic nitrogens is 4.